The molecule has 0 aromatic carbocycles. The maximum atomic E-state index is 11.6. The SMILES string of the molecule is CCCCNC(=O)c1cc[n+](CCC(=O)O)nc1. The van der Waals surface area contributed by atoms with Gasteiger partial charge in [0, 0.05) is 12.6 Å². The Kier molecular flexibility index (Phi) is 5.76. The highest BCUT2D eigenvalue weighted by atomic mass is 16.4. The molecule has 18 heavy (non-hydrogen) atoms. The summed E-state index contributed by atoms with van der Waals surface area (Å²) in [7, 11) is 0. The molecule has 1 aromatic heterocycles. The molecule has 98 valence electrons. The highest BCUT2D eigenvalue weighted by Crippen LogP contribution is 1.94. The van der Waals surface area contributed by atoms with Crippen LogP contribution in [0.4, 0.5) is 0 Å². The van der Waals surface area contributed by atoms with E-state index in [1.807, 2.05) is 0 Å². The second-order valence-corrected chi connectivity index (χ2v) is 3.93. The summed E-state index contributed by atoms with van der Waals surface area (Å²) in [5, 5.41) is 15.3. The summed E-state index contributed by atoms with van der Waals surface area (Å²) in [6, 6.07) is 1.64. The van der Waals surface area contributed by atoms with E-state index in [9.17, 15) is 9.59 Å². The average molecular weight is 252 g/mol. The monoisotopic (exact) mass is 252 g/mol. The van der Waals surface area contributed by atoms with Crippen LogP contribution in [0.3, 0.4) is 0 Å². The van der Waals surface area contributed by atoms with Crippen molar-refractivity contribution in [3.05, 3.63) is 24.0 Å². The van der Waals surface area contributed by atoms with Gasteiger partial charge in [-0.05, 0) is 11.5 Å². The zero-order valence-electron chi connectivity index (χ0n) is 10.4. The van der Waals surface area contributed by atoms with Crippen LogP contribution in [-0.4, -0.2) is 28.6 Å². The Morgan fingerprint density at radius 2 is 2.28 bits per heavy atom. The number of nitrogens with zero attached hydrogens (tertiary/aromatic N) is 2. The zero-order chi connectivity index (χ0) is 13.4. The van der Waals surface area contributed by atoms with Crippen molar-refractivity contribution in [2.75, 3.05) is 6.54 Å². The van der Waals surface area contributed by atoms with E-state index in [-0.39, 0.29) is 12.3 Å². The molecule has 1 heterocycles. The maximum Gasteiger partial charge on any atom is 0.309 e. The number of carbonyl (C=O) groups excluding carboxylic acids is 1. The van der Waals surface area contributed by atoms with Gasteiger partial charge in [0.25, 0.3) is 5.91 Å². The average Bonchev–Trinajstić information content (AvgIpc) is 2.37. The third-order valence-electron chi connectivity index (χ3n) is 2.40. The number of aromatic nitrogens is 2. The third kappa shape index (κ3) is 4.90. The molecule has 0 aliphatic heterocycles. The lowest BCUT2D eigenvalue weighted by molar-refractivity contribution is -0.753. The highest BCUT2D eigenvalue weighted by molar-refractivity contribution is 5.93. The van der Waals surface area contributed by atoms with Gasteiger partial charge in [-0.2, -0.15) is 0 Å². The molecular weight excluding hydrogens is 234 g/mol. The molecule has 0 spiro atoms. The fraction of sp³-hybridized carbons (Fsp3) is 0.500. The van der Waals surface area contributed by atoms with Crippen LogP contribution in [0, 0.1) is 0 Å². The molecule has 1 amide bonds. The Morgan fingerprint density at radius 1 is 1.50 bits per heavy atom. The van der Waals surface area contributed by atoms with Crippen LogP contribution in [-0.2, 0) is 11.3 Å². The van der Waals surface area contributed by atoms with Crippen molar-refractivity contribution in [1.82, 2.24) is 10.4 Å². The van der Waals surface area contributed by atoms with Gasteiger partial charge in [0.2, 0.25) is 0 Å². The first-order valence-electron chi connectivity index (χ1n) is 5.99. The number of amides is 1. The summed E-state index contributed by atoms with van der Waals surface area (Å²) in [4.78, 5) is 22.0. The number of aryl methyl sites for hydroxylation is 1. The number of carboxylic acids is 1. The summed E-state index contributed by atoms with van der Waals surface area (Å²) in [6.07, 6.45) is 5.05. The molecule has 0 aliphatic carbocycles. The highest BCUT2D eigenvalue weighted by Gasteiger charge is 2.10. The van der Waals surface area contributed by atoms with Crippen LogP contribution in [0.15, 0.2) is 18.5 Å². The van der Waals surface area contributed by atoms with Crippen LogP contribution in [0.1, 0.15) is 36.5 Å². The summed E-state index contributed by atoms with van der Waals surface area (Å²) in [5.74, 6) is -1.02. The standard InChI is InChI=1S/C12H17N3O3/c1-2-3-6-13-12(18)10-4-7-15(14-9-10)8-5-11(16)17/h4,7,9H,2-3,5-6,8H2,1H3,(H-,13,16,17,18)/p+1. The first-order chi connectivity index (χ1) is 8.63. The van der Waals surface area contributed by atoms with Crippen molar-refractivity contribution < 1.29 is 19.4 Å². The van der Waals surface area contributed by atoms with Gasteiger partial charge in [0.05, 0.1) is 5.56 Å². The second-order valence-electron chi connectivity index (χ2n) is 3.93. The van der Waals surface area contributed by atoms with E-state index in [0.717, 1.165) is 12.8 Å². The minimum atomic E-state index is -0.870. The number of aliphatic carboxylic acids is 1. The minimum absolute atomic E-state index is 0.0136. The third-order valence-corrected chi connectivity index (χ3v) is 2.40. The molecule has 0 bridgehead atoms. The zero-order valence-corrected chi connectivity index (χ0v) is 10.4. The van der Waals surface area contributed by atoms with Crippen molar-refractivity contribution in [2.45, 2.75) is 32.7 Å². The minimum Gasteiger partial charge on any atom is -0.481 e. The van der Waals surface area contributed by atoms with Crippen molar-refractivity contribution in [2.24, 2.45) is 0 Å². The molecule has 2 N–H and O–H groups in total. The Bertz CT molecular complexity index is 404. The largest absolute Gasteiger partial charge is 0.481 e. The molecular formula is C12H18N3O3+. The van der Waals surface area contributed by atoms with E-state index in [1.165, 1.54) is 10.9 Å². The van der Waals surface area contributed by atoms with Gasteiger partial charge in [-0.3, -0.25) is 9.59 Å². The summed E-state index contributed by atoms with van der Waals surface area (Å²) < 4.78 is 1.50. The van der Waals surface area contributed by atoms with E-state index in [4.69, 9.17) is 5.11 Å². The van der Waals surface area contributed by atoms with Crippen molar-refractivity contribution in [3.8, 4) is 0 Å². The van der Waals surface area contributed by atoms with Crippen LogP contribution in [0.2, 0.25) is 0 Å². The first-order valence-corrected chi connectivity index (χ1v) is 5.99. The topological polar surface area (TPSA) is 83.2 Å². The maximum absolute atomic E-state index is 11.6. The lowest BCUT2D eigenvalue weighted by Crippen LogP contribution is -2.39. The van der Waals surface area contributed by atoms with E-state index >= 15 is 0 Å². The number of rotatable bonds is 7. The number of carbonyl (C=O) groups is 2. The lowest BCUT2D eigenvalue weighted by Gasteiger charge is -2.02. The molecule has 0 aliphatic rings. The van der Waals surface area contributed by atoms with E-state index in [2.05, 4.69) is 17.3 Å². The second kappa shape index (κ2) is 7.37. The fourth-order valence-electron chi connectivity index (χ4n) is 1.34. The first kappa shape index (κ1) is 14.1. The lowest BCUT2D eigenvalue weighted by atomic mass is 10.2. The fourth-order valence-corrected chi connectivity index (χ4v) is 1.34. The van der Waals surface area contributed by atoms with Gasteiger partial charge in [-0.25, -0.2) is 0 Å². The molecule has 6 heteroatoms. The number of unbranched alkanes of at least 4 members (excludes halogenated alkanes) is 1. The van der Waals surface area contributed by atoms with Crippen LogP contribution < -0.4 is 10.00 Å². The van der Waals surface area contributed by atoms with Crippen LogP contribution in [0.5, 0.6) is 0 Å². The van der Waals surface area contributed by atoms with Crippen molar-refractivity contribution in [3.63, 3.8) is 0 Å². The molecule has 0 saturated heterocycles. The predicted octanol–water partition coefficient (Wildman–Crippen LogP) is 0.374. The summed E-state index contributed by atoms with van der Waals surface area (Å²) >= 11 is 0. The van der Waals surface area contributed by atoms with E-state index < -0.39 is 5.97 Å². The molecule has 1 aromatic rings. The van der Waals surface area contributed by atoms with Gasteiger partial charge in [0.15, 0.2) is 12.7 Å². The van der Waals surface area contributed by atoms with Gasteiger partial charge < -0.3 is 10.4 Å². The number of hydrogen-bond donors (Lipinski definition) is 2. The normalized spacial score (nSPS) is 10.1. The molecule has 0 saturated carbocycles. The smallest absolute Gasteiger partial charge is 0.309 e. The Hall–Kier alpha value is -1.98. The van der Waals surface area contributed by atoms with Gasteiger partial charge >= 0.3 is 5.97 Å². The Balaban J connectivity index is 2.48. The van der Waals surface area contributed by atoms with Crippen LogP contribution >= 0.6 is 0 Å². The quantitative estimate of drug-likeness (QED) is 0.542. The predicted molar refractivity (Wildman–Crippen MR) is 63.9 cm³/mol. The van der Waals surface area contributed by atoms with E-state index in [0.29, 0.717) is 18.7 Å². The summed E-state index contributed by atoms with van der Waals surface area (Å²) in [6.45, 7) is 3.01. The van der Waals surface area contributed by atoms with Gasteiger partial charge in [-0.15, -0.1) is 0 Å². The molecule has 6 nitrogen and oxygen atoms in total. The molecule has 0 atom stereocenters. The van der Waals surface area contributed by atoms with Gasteiger partial charge in [-0.1, -0.05) is 18.0 Å². The Morgan fingerprint density at radius 3 is 2.83 bits per heavy atom. The summed E-state index contributed by atoms with van der Waals surface area (Å²) in [5.41, 5.74) is 0.484. The van der Waals surface area contributed by atoms with Crippen molar-refractivity contribution >= 4 is 11.9 Å². The van der Waals surface area contributed by atoms with E-state index in [1.54, 1.807) is 12.3 Å². The van der Waals surface area contributed by atoms with Crippen molar-refractivity contribution in [1.29, 1.82) is 0 Å². The van der Waals surface area contributed by atoms with Crippen LogP contribution in [0.25, 0.3) is 0 Å². The Labute approximate surface area is 106 Å². The van der Waals surface area contributed by atoms with Gasteiger partial charge in [0.1, 0.15) is 12.6 Å². The number of carboxylic acid groups (broad SMARTS) is 1. The molecule has 0 unspecified atom stereocenters. The molecule has 1 rings (SSSR count). The molecule has 0 radical (unpaired) electrons. The number of nitrogens with one attached hydrogen (secondary N) is 1. The molecule has 0 fully saturated rings. The number of hydrogen-bond acceptors (Lipinski definition) is 3.